The summed E-state index contributed by atoms with van der Waals surface area (Å²) in [4.78, 5) is 30.0. The van der Waals surface area contributed by atoms with Gasteiger partial charge in [0.25, 0.3) is 0 Å². The van der Waals surface area contributed by atoms with Crippen molar-refractivity contribution < 1.29 is 9.59 Å². The molecule has 2 rings (SSSR count). The highest BCUT2D eigenvalue weighted by molar-refractivity contribution is 5.95. The van der Waals surface area contributed by atoms with E-state index in [1.54, 1.807) is 11.1 Å². The van der Waals surface area contributed by atoms with Crippen LogP contribution in [-0.2, 0) is 16.1 Å². The molecule has 102 valence electrons. The molecule has 0 aliphatic carbocycles. The predicted octanol–water partition coefficient (Wildman–Crippen LogP) is 0.955. The lowest BCUT2D eigenvalue weighted by Crippen LogP contribution is -2.62. The molecule has 5 nitrogen and oxygen atoms in total. The van der Waals surface area contributed by atoms with Crippen LogP contribution in [0.25, 0.3) is 0 Å². The molecule has 19 heavy (non-hydrogen) atoms. The number of piperazine rings is 1. The van der Waals surface area contributed by atoms with Crippen molar-refractivity contribution in [2.45, 2.75) is 33.4 Å². The predicted molar refractivity (Wildman–Crippen MR) is 71.0 cm³/mol. The second kappa shape index (κ2) is 4.99. The van der Waals surface area contributed by atoms with Gasteiger partial charge < -0.3 is 10.2 Å². The minimum Gasteiger partial charge on any atom is -0.345 e. The monoisotopic (exact) mass is 261 g/mol. The van der Waals surface area contributed by atoms with Crippen LogP contribution in [0.2, 0.25) is 0 Å². The Balaban J connectivity index is 2.27. The SMILES string of the molecule is CC(C)(C)C1C(=O)NCC(=O)N1Cc1ccccn1. The number of pyridine rings is 1. The summed E-state index contributed by atoms with van der Waals surface area (Å²) >= 11 is 0. The Kier molecular flexibility index (Phi) is 3.55. The topological polar surface area (TPSA) is 62.3 Å². The van der Waals surface area contributed by atoms with E-state index in [0.29, 0.717) is 6.54 Å². The summed E-state index contributed by atoms with van der Waals surface area (Å²) in [6.45, 7) is 6.32. The van der Waals surface area contributed by atoms with E-state index in [0.717, 1.165) is 5.69 Å². The van der Waals surface area contributed by atoms with Gasteiger partial charge in [-0.05, 0) is 17.5 Å². The zero-order valence-corrected chi connectivity index (χ0v) is 11.5. The zero-order chi connectivity index (χ0) is 14.0. The number of hydrogen-bond acceptors (Lipinski definition) is 3. The standard InChI is InChI=1S/C14H19N3O2/c1-14(2,3)12-13(19)16-8-11(18)17(12)9-10-6-4-5-7-15-10/h4-7,12H,8-9H2,1-3H3,(H,16,19). The van der Waals surface area contributed by atoms with Gasteiger partial charge >= 0.3 is 0 Å². The van der Waals surface area contributed by atoms with Crippen molar-refractivity contribution >= 4 is 11.8 Å². The van der Waals surface area contributed by atoms with E-state index in [9.17, 15) is 9.59 Å². The van der Waals surface area contributed by atoms with Gasteiger partial charge in [0.15, 0.2) is 0 Å². The van der Waals surface area contributed by atoms with E-state index in [1.165, 1.54) is 0 Å². The summed E-state index contributed by atoms with van der Waals surface area (Å²) in [5.74, 6) is -0.159. The average molecular weight is 261 g/mol. The Hall–Kier alpha value is -1.91. The van der Waals surface area contributed by atoms with E-state index in [-0.39, 0.29) is 23.8 Å². The molecule has 2 heterocycles. The molecule has 0 spiro atoms. The third-order valence-corrected chi connectivity index (χ3v) is 3.17. The average Bonchev–Trinajstić information content (AvgIpc) is 2.33. The molecular formula is C14H19N3O2. The maximum atomic E-state index is 12.1. The summed E-state index contributed by atoms with van der Waals surface area (Å²) < 4.78 is 0. The molecule has 1 aliphatic rings. The van der Waals surface area contributed by atoms with Crippen molar-refractivity contribution in [2.24, 2.45) is 5.41 Å². The molecular weight excluding hydrogens is 242 g/mol. The highest BCUT2D eigenvalue weighted by Crippen LogP contribution is 2.27. The number of carbonyl (C=O) groups excluding carboxylic acids is 2. The van der Waals surface area contributed by atoms with Gasteiger partial charge in [-0.15, -0.1) is 0 Å². The molecule has 1 aromatic rings. The maximum absolute atomic E-state index is 12.1. The Morgan fingerprint density at radius 1 is 1.37 bits per heavy atom. The highest BCUT2D eigenvalue weighted by atomic mass is 16.2. The lowest BCUT2D eigenvalue weighted by Gasteiger charge is -2.41. The van der Waals surface area contributed by atoms with Crippen molar-refractivity contribution in [1.29, 1.82) is 0 Å². The lowest BCUT2D eigenvalue weighted by molar-refractivity contribution is -0.150. The van der Waals surface area contributed by atoms with Crippen LogP contribution in [0.1, 0.15) is 26.5 Å². The van der Waals surface area contributed by atoms with Crippen molar-refractivity contribution in [2.75, 3.05) is 6.54 Å². The van der Waals surface area contributed by atoms with Crippen molar-refractivity contribution in [3.63, 3.8) is 0 Å². The van der Waals surface area contributed by atoms with Gasteiger partial charge in [0.05, 0.1) is 18.8 Å². The van der Waals surface area contributed by atoms with Crippen LogP contribution >= 0.6 is 0 Å². The van der Waals surface area contributed by atoms with Gasteiger partial charge in [0.2, 0.25) is 11.8 Å². The van der Waals surface area contributed by atoms with Gasteiger partial charge in [-0.1, -0.05) is 26.8 Å². The van der Waals surface area contributed by atoms with Gasteiger partial charge in [-0.3, -0.25) is 14.6 Å². The molecule has 1 N–H and O–H groups in total. The Bertz CT molecular complexity index is 479. The van der Waals surface area contributed by atoms with E-state index in [2.05, 4.69) is 10.3 Å². The van der Waals surface area contributed by atoms with Gasteiger partial charge in [-0.25, -0.2) is 0 Å². The van der Waals surface area contributed by atoms with E-state index in [4.69, 9.17) is 0 Å². The summed E-state index contributed by atoms with van der Waals surface area (Å²) in [6, 6.07) is 5.11. The first-order valence-corrected chi connectivity index (χ1v) is 6.36. The summed E-state index contributed by atoms with van der Waals surface area (Å²) in [6.07, 6.45) is 1.69. The van der Waals surface area contributed by atoms with Crippen molar-refractivity contribution in [3.05, 3.63) is 30.1 Å². The van der Waals surface area contributed by atoms with Gasteiger partial charge in [-0.2, -0.15) is 0 Å². The van der Waals surface area contributed by atoms with Gasteiger partial charge in [0, 0.05) is 6.20 Å². The minimum atomic E-state index is -0.462. The molecule has 1 unspecified atom stereocenters. The zero-order valence-electron chi connectivity index (χ0n) is 11.5. The van der Waals surface area contributed by atoms with Crippen molar-refractivity contribution in [1.82, 2.24) is 15.2 Å². The lowest BCUT2D eigenvalue weighted by atomic mass is 9.84. The summed E-state index contributed by atoms with van der Waals surface area (Å²) in [7, 11) is 0. The largest absolute Gasteiger partial charge is 0.345 e. The maximum Gasteiger partial charge on any atom is 0.243 e. The normalized spacial score (nSPS) is 20.4. The van der Waals surface area contributed by atoms with Crippen LogP contribution in [0.4, 0.5) is 0 Å². The molecule has 1 aromatic heterocycles. The quantitative estimate of drug-likeness (QED) is 0.862. The highest BCUT2D eigenvalue weighted by Gasteiger charge is 2.42. The second-order valence-electron chi connectivity index (χ2n) is 5.83. The number of amides is 2. The molecule has 2 amide bonds. The Labute approximate surface area is 113 Å². The van der Waals surface area contributed by atoms with Crippen LogP contribution < -0.4 is 5.32 Å². The van der Waals surface area contributed by atoms with Gasteiger partial charge in [0.1, 0.15) is 6.04 Å². The van der Waals surface area contributed by atoms with Crippen LogP contribution in [0.3, 0.4) is 0 Å². The second-order valence-corrected chi connectivity index (χ2v) is 5.83. The molecule has 1 fully saturated rings. The van der Waals surface area contributed by atoms with E-state index in [1.807, 2.05) is 39.0 Å². The molecule has 0 aromatic carbocycles. The molecule has 5 heteroatoms. The number of carbonyl (C=O) groups is 2. The Morgan fingerprint density at radius 2 is 2.11 bits per heavy atom. The summed E-state index contributed by atoms with van der Waals surface area (Å²) in [5.41, 5.74) is 0.481. The number of nitrogens with zero attached hydrogens (tertiary/aromatic N) is 2. The molecule has 0 bridgehead atoms. The first-order valence-electron chi connectivity index (χ1n) is 6.36. The number of nitrogens with one attached hydrogen (secondary N) is 1. The third kappa shape index (κ3) is 2.92. The first-order chi connectivity index (χ1) is 8.89. The molecule has 1 atom stereocenters. The number of hydrogen-bond donors (Lipinski definition) is 1. The fourth-order valence-electron chi connectivity index (χ4n) is 2.35. The van der Waals surface area contributed by atoms with Crippen molar-refractivity contribution in [3.8, 4) is 0 Å². The molecule has 0 saturated carbocycles. The Morgan fingerprint density at radius 3 is 2.68 bits per heavy atom. The summed E-state index contributed by atoms with van der Waals surface area (Å²) in [5, 5.41) is 2.65. The number of aromatic nitrogens is 1. The fourth-order valence-corrected chi connectivity index (χ4v) is 2.35. The molecule has 0 radical (unpaired) electrons. The van der Waals surface area contributed by atoms with Crippen LogP contribution in [0.15, 0.2) is 24.4 Å². The van der Waals surface area contributed by atoms with Crippen LogP contribution in [0, 0.1) is 5.41 Å². The number of rotatable bonds is 2. The first kappa shape index (κ1) is 13.5. The third-order valence-electron chi connectivity index (χ3n) is 3.17. The van der Waals surface area contributed by atoms with E-state index >= 15 is 0 Å². The molecule has 1 aliphatic heterocycles. The minimum absolute atomic E-state index is 0.0646. The van der Waals surface area contributed by atoms with Crippen LogP contribution in [0.5, 0.6) is 0 Å². The fraction of sp³-hybridized carbons (Fsp3) is 0.500. The smallest absolute Gasteiger partial charge is 0.243 e. The molecule has 1 saturated heterocycles. The van der Waals surface area contributed by atoms with Crippen LogP contribution in [-0.4, -0.2) is 34.3 Å². The van der Waals surface area contributed by atoms with E-state index < -0.39 is 6.04 Å².